The van der Waals surface area contributed by atoms with E-state index in [1.165, 1.54) is 6.08 Å². The van der Waals surface area contributed by atoms with E-state index >= 15 is 0 Å². The average Bonchev–Trinajstić information content (AvgIpc) is 2.89. The van der Waals surface area contributed by atoms with E-state index in [2.05, 4.69) is 9.97 Å². The Morgan fingerprint density at radius 2 is 2.04 bits per heavy atom. The van der Waals surface area contributed by atoms with Gasteiger partial charge in [0.05, 0.1) is 24.8 Å². The molecule has 0 saturated carbocycles. The molecule has 0 fully saturated rings. The maximum Gasteiger partial charge on any atom is 0.331 e. The lowest BCUT2D eigenvalue weighted by molar-refractivity contribution is -0.148. The fourth-order valence-corrected chi connectivity index (χ4v) is 1.93. The van der Waals surface area contributed by atoms with E-state index in [1.807, 2.05) is 44.5 Å². The second-order valence-electron chi connectivity index (χ2n) is 6.05. The molecule has 0 aliphatic rings. The number of methoxy groups -OCH3 is 1. The molecule has 2 heterocycles. The summed E-state index contributed by atoms with van der Waals surface area (Å²) in [7, 11) is 1.55. The average molecular weight is 315 g/mol. The van der Waals surface area contributed by atoms with Crippen molar-refractivity contribution < 1.29 is 14.3 Å². The minimum absolute atomic E-state index is 0.410. The number of hydrogen-bond donors (Lipinski definition) is 0. The normalized spacial score (nSPS) is 11.7. The van der Waals surface area contributed by atoms with Gasteiger partial charge in [-0.05, 0) is 45.9 Å². The molecule has 0 spiro atoms. The number of carbonyl (C=O) groups excluding carboxylic acids is 1. The number of carbonyl (C=O) groups is 1. The van der Waals surface area contributed by atoms with Crippen molar-refractivity contribution in [2.45, 2.75) is 33.3 Å². The van der Waals surface area contributed by atoms with E-state index in [1.54, 1.807) is 25.6 Å². The maximum atomic E-state index is 11.7. The number of ether oxygens (including phenoxy) is 2. The lowest BCUT2D eigenvalue weighted by Gasteiger charge is -2.17. The Morgan fingerprint density at radius 1 is 1.30 bits per heavy atom. The highest BCUT2D eigenvalue weighted by Gasteiger charge is 2.14. The van der Waals surface area contributed by atoms with Crippen LogP contribution in [0.5, 0.6) is 5.88 Å². The summed E-state index contributed by atoms with van der Waals surface area (Å²) in [5.41, 5.74) is 1.77. The van der Waals surface area contributed by atoms with Crippen molar-refractivity contribution in [2.24, 2.45) is 0 Å². The van der Waals surface area contributed by atoms with Crippen LogP contribution in [0, 0.1) is 6.92 Å². The minimum Gasteiger partial charge on any atom is -0.479 e. The van der Waals surface area contributed by atoms with Crippen LogP contribution in [0.4, 0.5) is 0 Å². The van der Waals surface area contributed by atoms with Crippen LogP contribution < -0.4 is 4.74 Å². The van der Waals surface area contributed by atoms with Gasteiger partial charge in [0.1, 0.15) is 11.3 Å². The first kappa shape index (κ1) is 16.7. The molecule has 0 aromatic carbocycles. The monoisotopic (exact) mass is 315 g/mol. The summed E-state index contributed by atoms with van der Waals surface area (Å²) >= 11 is 0. The molecular formula is C17H21N3O3. The van der Waals surface area contributed by atoms with Crippen molar-refractivity contribution in [2.75, 3.05) is 7.11 Å². The molecule has 122 valence electrons. The molecule has 0 atom stereocenters. The van der Waals surface area contributed by atoms with Crippen molar-refractivity contribution in [3.8, 4) is 11.6 Å². The van der Waals surface area contributed by atoms with Crippen molar-refractivity contribution in [1.82, 2.24) is 14.5 Å². The summed E-state index contributed by atoms with van der Waals surface area (Å²) in [5.74, 6) is 0.0429. The van der Waals surface area contributed by atoms with Crippen LogP contribution >= 0.6 is 0 Å². The Hall–Kier alpha value is -2.63. The lowest BCUT2D eigenvalue weighted by Crippen LogP contribution is -2.22. The summed E-state index contributed by atoms with van der Waals surface area (Å²) in [6.45, 7) is 7.38. The van der Waals surface area contributed by atoms with Crippen molar-refractivity contribution >= 4 is 12.0 Å². The molecule has 0 saturated heterocycles. The zero-order valence-corrected chi connectivity index (χ0v) is 14.0. The largest absolute Gasteiger partial charge is 0.479 e. The van der Waals surface area contributed by atoms with Gasteiger partial charge in [-0.3, -0.25) is 0 Å². The van der Waals surface area contributed by atoms with Gasteiger partial charge in [-0.25, -0.2) is 14.8 Å². The summed E-state index contributed by atoms with van der Waals surface area (Å²) in [6, 6.07) is 3.66. The van der Waals surface area contributed by atoms with Gasteiger partial charge >= 0.3 is 5.97 Å². The Labute approximate surface area is 135 Å². The first-order valence-corrected chi connectivity index (χ1v) is 7.25. The second-order valence-corrected chi connectivity index (χ2v) is 6.05. The van der Waals surface area contributed by atoms with E-state index < -0.39 is 11.6 Å². The number of aryl methyl sites for hydroxylation is 1. The van der Waals surface area contributed by atoms with Crippen molar-refractivity contribution in [3.05, 3.63) is 42.1 Å². The van der Waals surface area contributed by atoms with Gasteiger partial charge in [0.15, 0.2) is 0 Å². The number of aromatic nitrogens is 3. The van der Waals surface area contributed by atoms with E-state index in [9.17, 15) is 4.79 Å². The number of imidazole rings is 1. The van der Waals surface area contributed by atoms with E-state index in [4.69, 9.17) is 9.47 Å². The minimum atomic E-state index is -0.518. The summed E-state index contributed by atoms with van der Waals surface area (Å²) in [4.78, 5) is 20.3. The first-order valence-electron chi connectivity index (χ1n) is 7.25. The molecule has 0 bridgehead atoms. The molecular weight excluding hydrogens is 294 g/mol. The Bertz CT molecular complexity index is 727. The number of pyridine rings is 1. The third-order valence-corrected chi connectivity index (χ3v) is 2.84. The second kappa shape index (κ2) is 6.64. The van der Waals surface area contributed by atoms with E-state index in [0.717, 1.165) is 11.4 Å². The molecule has 0 N–H and O–H groups in total. The third kappa shape index (κ3) is 4.67. The van der Waals surface area contributed by atoms with Crippen LogP contribution in [0.2, 0.25) is 0 Å². The highest BCUT2D eigenvalue weighted by Crippen LogP contribution is 2.21. The first-order chi connectivity index (χ1) is 10.8. The van der Waals surface area contributed by atoms with Crippen molar-refractivity contribution in [1.29, 1.82) is 0 Å². The lowest BCUT2D eigenvalue weighted by atomic mass is 10.2. The Balaban J connectivity index is 2.21. The molecule has 0 unspecified atom stereocenters. The molecule has 0 aliphatic heterocycles. The van der Waals surface area contributed by atoms with E-state index in [0.29, 0.717) is 11.6 Å². The SMILES string of the molecule is COc1nc(C=CC(=O)OC(C)(C)C)ccc1-n1cnc(C)c1. The topological polar surface area (TPSA) is 66.2 Å². The summed E-state index contributed by atoms with van der Waals surface area (Å²) in [5, 5.41) is 0. The number of rotatable bonds is 4. The summed E-state index contributed by atoms with van der Waals surface area (Å²) < 4.78 is 12.4. The number of esters is 1. The van der Waals surface area contributed by atoms with Gasteiger partial charge in [0, 0.05) is 12.3 Å². The predicted molar refractivity (Wildman–Crippen MR) is 87.5 cm³/mol. The fourth-order valence-electron chi connectivity index (χ4n) is 1.93. The van der Waals surface area contributed by atoms with Crippen LogP contribution in [0.25, 0.3) is 11.8 Å². The van der Waals surface area contributed by atoms with Gasteiger partial charge in [0.2, 0.25) is 5.88 Å². The van der Waals surface area contributed by atoms with Crippen LogP contribution in [-0.4, -0.2) is 33.2 Å². The highest BCUT2D eigenvalue weighted by atomic mass is 16.6. The van der Waals surface area contributed by atoms with Gasteiger partial charge in [0.25, 0.3) is 0 Å². The molecule has 6 nitrogen and oxygen atoms in total. The molecule has 23 heavy (non-hydrogen) atoms. The molecule has 0 aliphatic carbocycles. The smallest absolute Gasteiger partial charge is 0.331 e. The predicted octanol–water partition coefficient (Wildman–Crippen LogP) is 2.94. The Morgan fingerprint density at radius 3 is 2.61 bits per heavy atom. The van der Waals surface area contributed by atoms with Gasteiger partial charge in [-0.2, -0.15) is 0 Å². The Kier molecular flexibility index (Phi) is 4.83. The zero-order valence-electron chi connectivity index (χ0n) is 14.0. The molecule has 0 amide bonds. The fraction of sp³-hybridized carbons (Fsp3) is 0.353. The highest BCUT2D eigenvalue weighted by molar-refractivity contribution is 5.87. The summed E-state index contributed by atoms with van der Waals surface area (Å²) in [6.07, 6.45) is 6.54. The maximum absolute atomic E-state index is 11.7. The van der Waals surface area contributed by atoms with Crippen LogP contribution in [-0.2, 0) is 9.53 Å². The quantitative estimate of drug-likeness (QED) is 0.641. The molecule has 2 aromatic rings. The zero-order chi connectivity index (χ0) is 17.0. The van der Waals surface area contributed by atoms with Crippen LogP contribution in [0.15, 0.2) is 30.7 Å². The van der Waals surface area contributed by atoms with Crippen molar-refractivity contribution in [3.63, 3.8) is 0 Å². The number of nitrogens with zero attached hydrogens (tertiary/aromatic N) is 3. The molecule has 6 heteroatoms. The third-order valence-electron chi connectivity index (χ3n) is 2.84. The van der Waals surface area contributed by atoms with Crippen LogP contribution in [0.3, 0.4) is 0 Å². The van der Waals surface area contributed by atoms with Gasteiger partial charge < -0.3 is 14.0 Å². The molecule has 2 rings (SSSR count). The van der Waals surface area contributed by atoms with Gasteiger partial charge in [-0.15, -0.1) is 0 Å². The molecule has 2 aromatic heterocycles. The van der Waals surface area contributed by atoms with Gasteiger partial charge in [-0.1, -0.05) is 0 Å². The standard InChI is InChI=1S/C17H21N3O3/c1-12-10-20(11-18-12)14-8-6-13(19-16(14)22-5)7-9-15(21)23-17(2,3)4/h6-11H,1-5H3. The number of hydrogen-bond acceptors (Lipinski definition) is 5. The van der Waals surface area contributed by atoms with E-state index in [-0.39, 0.29) is 0 Å². The molecule has 0 radical (unpaired) electrons. The van der Waals surface area contributed by atoms with Crippen LogP contribution in [0.1, 0.15) is 32.2 Å².